The van der Waals surface area contributed by atoms with Gasteiger partial charge in [-0.1, -0.05) is 0 Å². The standard InChI is InChI=1S/C12H11BrF2N4/c13-9-5-8-10(16-3-4-19(8)17-9)18-6-11(1-2-11)12(14,15)7-18/h3-5H,1-2,6-7H2. The molecule has 1 aliphatic heterocycles. The Balaban J connectivity index is 1.80. The van der Waals surface area contributed by atoms with E-state index in [9.17, 15) is 8.78 Å². The van der Waals surface area contributed by atoms with Crippen LogP contribution in [0.2, 0.25) is 0 Å². The second-order valence-corrected chi connectivity index (χ2v) is 6.20. The van der Waals surface area contributed by atoms with Gasteiger partial charge in [-0.3, -0.25) is 0 Å². The first-order valence-corrected chi connectivity index (χ1v) is 6.93. The molecule has 3 heterocycles. The van der Waals surface area contributed by atoms with Crippen LogP contribution in [0.15, 0.2) is 23.1 Å². The van der Waals surface area contributed by atoms with Gasteiger partial charge < -0.3 is 4.90 Å². The van der Waals surface area contributed by atoms with Gasteiger partial charge in [-0.15, -0.1) is 0 Å². The maximum absolute atomic E-state index is 14.0. The van der Waals surface area contributed by atoms with Crippen LogP contribution in [0.4, 0.5) is 14.6 Å². The average molecular weight is 329 g/mol. The Morgan fingerprint density at radius 3 is 2.74 bits per heavy atom. The molecule has 2 aliphatic rings. The average Bonchev–Trinajstić information content (AvgIpc) is 2.94. The molecule has 1 spiro atoms. The van der Waals surface area contributed by atoms with E-state index in [1.54, 1.807) is 27.9 Å². The van der Waals surface area contributed by atoms with Gasteiger partial charge >= 0.3 is 0 Å². The predicted molar refractivity (Wildman–Crippen MR) is 69.5 cm³/mol. The first kappa shape index (κ1) is 11.6. The zero-order chi connectivity index (χ0) is 13.3. The molecule has 4 rings (SSSR count). The van der Waals surface area contributed by atoms with E-state index in [0.717, 1.165) is 5.52 Å². The Morgan fingerprint density at radius 1 is 1.26 bits per heavy atom. The number of fused-ring (bicyclic) bond motifs is 1. The zero-order valence-electron chi connectivity index (χ0n) is 9.98. The van der Waals surface area contributed by atoms with E-state index in [1.807, 2.05) is 0 Å². The van der Waals surface area contributed by atoms with Crippen molar-refractivity contribution < 1.29 is 8.78 Å². The molecule has 100 valence electrons. The summed E-state index contributed by atoms with van der Waals surface area (Å²) in [5, 5.41) is 4.21. The number of halogens is 3. The lowest BCUT2D eigenvalue weighted by Crippen LogP contribution is -2.28. The molecule has 0 unspecified atom stereocenters. The molecule has 2 aromatic heterocycles. The predicted octanol–water partition coefficient (Wildman–Crippen LogP) is 2.73. The molecule has 1 saturated carbocycles. The molecule has 0 bridgehead atoms. The summed E-state index contributed by atoms with van der Waals surface area (Å²) in [6.45, 7) is 0.137. The van der Waals surface area contributed by atoms with Gasteiger partial charge in [0.25, 0.3) is 5.92 Å². The van der Waals surface area contributed by atoms with E-state index >= 15 is 0 Å². The van der Waals surface area contributed by atoms with Crippen molar-refractivity contribution >= 4 is 27.3 Å². The zero-order valence-corrected chi connectivity index (χ0v) is 11.6. The number of hydrogen-bond donors (Lipinski definition) is 0. The molecule has 1 saturated heterocycles. The van der Waals surface area contributed by atoms with E-state index < -0.39 is 11.3 Å². The van der Waals surface area contributed by atoms with Crippen LogP contribution in [0.1, 0.15) is 12.8 Å². The Kier molecular flexibility index (Phi) is 2.10. The van der Waals surface area contributed by atoms with Crippen molar-refractivity contribution in [3.63, 3.8) is 0 Å². The first-order valence-electron chi connectivity index (χ1n) is 6.14. The minimum absolute atomic E-state index is 0.248. The Labute approximate surface area is 116 Å². The molecule has 0 aromatic carbocycles. The summed E-state index contributed by atoms with van der Waals surface area (Å²) < 4.78 is 30.4. The molecular formula is C12H11BrF2N4. The van der Waals surface area contributed by atoms with Crippen molar-refractivity contribution in [1.29, 1.82) is 0 Å². The number of hydrogen-bond acceptors (Lipinski definition) is 3. The lowest BCUT2D eigenvalue weighted by Gasteiger charge is -2.17. The fraction of sp³-hybridized carbons (Fsp3) is 0.500. The molecule has 0 N–H and O–H groups in total. The topological polar surface area (TPSA) is 33.4 Å². The van der Waals surface area contributed by atoms with Gasteiger partial charge in [0, 0.05) is 25.0 Å². The van der Waals surface area contributed by atoms with Crippen molar-refractivity contribution in [3.8, 4) is 0 Å². The molecule has 0 radical (unpaired) electrons. The number of rotatable bonds is 1. The monoisotopic (exact) mass is 328 g/mol. The summed E-state index contributed by atoms with van der Waals surface area (Å²) in [6.07, 6.45) is 4.54. The highest BCUT2D eigenvalue weighted by Crippen LogP contribution is 2.61. The van der Waals surface area contributed by atoms with Gasteiger partial charge in [0.05, 0.1) is 12.0 Å². The molecule has 0 amide bonds. The Bertz CT molecular complexity index is 659. The summed E-state index contributed by atoms with van der Waals surface area (Å²) in [5.74, 6) is -2.03. The highest BCUT2D eigenvalue weighted by molar-refractivity contribution is 9.10. The van der Waals surface area contributed by atoms with E-state index in [0.29, 0.717) is 29.8 Å². The van der Waals surface area contributed by atoms with Gasteiger partial charge in [0.15, 0.2) is 5.82 Å². The van der Waals surface area contributed by atoms with Crippen molar-refractivity contribution in [2.45, 2.75) is 18.8 Å². The minimum Gasteiger partial charge on any atom is -0.348 e. The van der Waals surface area contributed by atoms with Gasteiger partial charge in [0.2, 0.25) is 0 Å². The van der Waals surface area contributed by atoms with Gasteiger partial charge in [-0.2, -0.15) is 5.10 Å². The lowest BCUT2D eigenvalue weighted by molar-refractivity contribution is -0.0334. The van der Waals surface area contributed by atoms with E-state index in [4.69, 9.17) is 0 Å². The fourth-order valence-electron chi connectivity index (χ4n) is 2.89. The maximum atomic E-state index is 14.0. The van der Waals surface area contributed by atoms with Crippen molar-refractivity contribution in [3.05, 3.63) is 23.1 Å². The molecule has 1 aliphatic carbocycles. The van der Waals surface area contributed by atoms with Crippen LogP contribution in [0.25, 0.3) is 5.52 Å². The Morgan fingerprint density at radius 2 is 2.05 bits per heavy atom. The minimum atomic E-state index is -2.61. The van der Waals surface area contributed by atoms with Gasteiger partial charge in [-0.25, -0.2) is 18.3 Å². The SMILES string of the molecule is FC1(F)CN(c2nccn3nc(Br)cc23)CC12CC2. The van der Waals surface area contributed by atoms with Crippen LogP contribution in [-0.4, -0.2) is 33.6 Å². The number of anilines is 1. The van der Waals surface area contributed by atoms with Crippen molar-refractivity contribution in [2.24, 2.45) is 5.41 Å². The third-order valence-electron chi connectivity index (χ3n) is 4.15. The second-order valence-electron chi connectivity index (χ2n) is 5.39. The van der Waals surface area contributed by atoms with Crippen LogP contribution in [0.3, 0.4) is 0 Å². The number of alkyl halides is 2. The second kappa shape index (κ2) is 3.45. The lowest BCUT2D eigenvalue weighted by atomic mass is 10.0. The molecule has 19 heavy (non-hydrogen) atoms. The molecule has 4 nitrogen and oxygen atoms in total. The van der Waals surface area contributed by atoms with Crippen molar-refractivity contribution in [2.75, 3.05) is 18.0 Å². The largest absolute Gasteiger partial charge is 0.348 e. The third kappa shape index (κ3) is 1.54. The highest BCUT2D eigenvalue weighted by atomic mass is 79.9. The normalized spacial score (nSPS) is 23.4. The third-order valence-corrected chi connectivity index (χ3v) is 4.54. The maximum Gasteiger partial charge on any atom is 0.272 e. The van der Waals surface area contributed by atoms with Crippen molar-refractivity contribution in [1.82, 2.24) is 14.6 Å². The summed E-state index contributed by atoms with van der Waals surface area (Å²) in [6, 6.07) is 1.80. The van der Waals surface area contributed by atoms with Gasteiger partial charge in [0.1, 0.15) is 10.1 Å². The van der Waals surface area contributed by atoms with E-state index in [2.05, 4.69) is 26.0 Å². The number of nitrogens with zero attached hydrogens (tertiary/aromatic N) is 4. The molecule has 0 atom stereocenters. The van der Waals surface area contributed by atoms with E-state index in [1.165, 1.54) is 0 Å². The quantitative estimate of drug-likeness (QED) is 0.807. The van der Waals surface area contributed by atoms with E-state index in [-0.39, 0.29) is 6.54 Å². The van der Waals surface area contributed by atoms with Crippen LogP contribution in [0.5, 0.6) is 0 Å². The highest BCUT2D eigenvalue weighted by Gasteiger charge is 2.67. The summed E-state index contributed by atoms with van der Waals surface area (Å²) in [5.41, 5.74) is -0.0541. The smallest absolute Gasteiger partial charge is 0.272 e. The summed E-state index contributed by atoms with van der Waals surface area (Å²) >= 11 is 3.30. The Hall–Kier alpha value is -1.24. The molecular weight excluding hydrogens is 318 g/mol. The fourth-order valence-corrected chi connectivity index (χ4v) is 3.28. The number of aromatic nitrogens is 3. The van der Waals surface area contributed by atoms with Crippen LogP contribution >= 0.6 is 15.9 Å². The molecule has 2 aromatic rings. The van der Waals surface area contributed by atoms with Crippen LogP contribution < -0.4 is 4.90 Å². The van der Waals surface area contributed by atoms with Gasteiger partial charge in [-0.05, 0) is 28.8 Å². The molecule has 7 heteroatoms. The first-order chi connectivity index (χ1) is 9.01. The summed E-state index contributed by atoms with van der Waals surface area (Å²) in [4.78, 5) is 5.96. The van der Waals surface area contributed by atoms with Crippen LogP contribution in [0, 0.1) is 5.41 Å². The van der Waals surface area contributed by atoms with Crippen LogP contribution in [-0.2, 0) is 0 Å². The molecule has 2 fully saturated rings. The summed E-state index contributed by atoms with van der Waals surface area (Å²) in [7, 11) is 0.